The molecule has 0 fully saturated rings. The number of alkyl halides is 3. The maximum Gasteiger partial charge on any atom is 0.419 e. The number of hydrogen-bond acceptors (Lipinski definition) is 3. The Hall–Kier alpha value is -1.89. The highest BCUT2D eigenvalue weighted by Crippen LogP contribution is 2.34. The lowest BCUT2D eigenvalue weighted by atomic mass is 10.1. The molecule has 7 heteroatoms. The standard InChI is InChI=1S/C13H12F4N2O/c1-2-10(18)12-6-11(19-20-12)7-3-4-9(14)8(5-7)13(15,16)17/h3-6,10H,2,18H2,1H3. The second-order valence-electron chi connectivity index (χ2n) is 4.32. The second-order valence-corrected chi connectivity index (χ2v) is 4.32. The Balaban J connectivity index is 2.41. The largest absolute Gasteiger partial charge is 0.419 e. The van der Waals surface area contributed by atoms with Gasteiger partial charge in [0.15, 0.2) is 5.76 Å². The van der Waals surface area contributed by atoms with E-state index in [2.05, 4.69) is 5.16 Å². The number of aromatic nitrogens is 1. The Morgan fingerprint density at radius 2 is 2.00 bits per heavy atom. The summed E-state index contributed by atoms with van der Waals surface area (Å²) in [5.74, 6) is -0.949. The summed E-state index contributed by atoms with van der Waals surface area (Å²) in [4.78, 5) is 0. The summed E-state index contributed by atoms with van der Waals surface area (Å²) >= 11 is 0. The Morgan fingerprint density at radius 3 is 2.60 bits per heavy atom. The molecule has 1 aromatic carbocycles. The van der Waals surface area contributed by atoms with E-state index >= 15 is 0 Å². The summed E-state index contributed by atoms with van der Waals surface area (Å²) in [5.41, 5.74) is 4.71. The zero-order valence-electron chi connectivity index (χ0n) is 10.5. The lowest BCUT2D eigenvalue weighted by Crippen LogP contribution is -2.08. The van der Waals surface area contributed by atoms with Gasteiger partial charge in [0.1, 0.15) is 11.5 Å². The zero-order valence-corrected chi connectivity index (χ0v) is 10.5. The highest BCUT2D eigenvalue weighted by atomic mass is 19.4. The van der Waals surface area contributed by atoms with Crippen LogP contribution in [0.25, 0.3) is 11.3 Å². The normalized spacial score (nSPS) is 13.5. The summed E-state index contributed by atoms with van der Waals surface area (Å²) in [6.45, 7) is 1.84. The van der Waals surface area contributed by atoms with Crippen molar-refractivity contribution in [1.29, 1.82) is 0 Å². The van der Waals surface area contributed by atoms with Crippen LogP contribution in [0.4, 0.5) is 17.6 Å². The first kappa shape index (κ1) is 14.5. The van der Waals surface area contributed by atoms with Crippen LogP contribution in [0.15, 0.2) is 28.8 Å². The van der Waals surface area contributed by atoms with Crippen molar-refractivity contribution >= 4 is 0 Å². The molecule has 0 saturated carbocycles. The van der Waals surface area contributed by atoms with Crippen LogP contribution in [0.3, 0.4) is 0 Å². The number of nitrogens with zero attached hydrogens (tertiary/aromatic N) is 1. The Labute approximate surface area is 112 Å². The first-order valence-corrected chi connectivity index (χ1v) is 5.92. The van der Waals surface area contributed by atoms with Crippen molar-refractivity contribution in [3.05, 3.63) is 41.4 Å². The molecule has 0 aliphatic rings. The minimum atomic E-state index is -4.76. The van der Waals surface area contributed by atoms with Crippen molar-refractivity contribution in [3.63, 3.8) is 0 Å². The Bertz CT molecular complexity index is 607. The highest BCUT2D eigenvalue weighted by molar-refractivity contribution is 5.60. The molecule has 20 heavy (non-hydrogen) atoms. The van der Waals surface area contributed by atoms with Gasteiger partial charge in [-0.15, -0.1) is 0 Å². The zero-order chi connectivity index (χ0) is 14.9. The van der Waals surface area contributed by atoms with Gasteiger partial charge in [0, 0.05) is 11.6 Å². The first-order valence-electron chi connectivity index (χ1n) is 5.92. The van der Waals surface area contributed by atoms with Gasteiger partial charge >= 0.3 is 6.18 Å². The summed E-state index contributed by atoms with van der Waals surface area (Å²) in [6, 6.07) is 3.75. The molecule has 1 heterocycles. The quantitative estimate of drug-likeness (QED) is 0.871. The van der Waals surface area contributed by atoms with E-state index < -0.39 is 17.6 Å². The van der Waals surface area contributed by atoms with Crippen molar-refractivity contribution < 1.29 is 22.1 Å². The maximum atomic E-state index is 13.2. The third-order valence-electron chi connectivity index (χ3n) is 2.90. The minimum Gasteiger partial charge on any atom is -0.359 e. The van der Waals surface area contributed by atoms with Crippen LogP contribution >= 0.6 is 0 Å². The van der Waals surface area contributed by atoms with E-state index in [4.69, 9.17) is 10.3 Å². The fourth-order valence-electron chi connectivity index (χ4n) is 1.70. The third-order valence-corrected chi connectivity index (χ3v) is 2.90. The molecule has 108 valence electrons. The monoisotopic (exact) mass is 288 g/mol. The van der Waals surface area contributed by atoms with Crippen molar-refractivity contribution in [2.24, 2.45) is 5.73 Å². The van der Waals surface area contributed by atoms with Gasteiger partial charge in [-0.1, -0.05) is 12.1 Å². The lowest BCUT2D eigenvalue weighted by molar-refractivity contribution is -0.139. The van der Waals surface area contributed by atoms with Gasteiger partial charge in [0.25, 0.3) is 0 Å². The van der Waals surface area contributed by atoms with Gasteiger partial charge in [0.05, 0.1) is 11.6 Å². The molecule has 3 nitrogen and oxygen atoms in total. The van der Waals surface area contributed by atoms with E-state index in [1.165, 1.54) is 12.1 Å². The van der Waals surface area contributed by atoms with Crippen molar-refractivity contribution in [2.75, 3.05) is 0 Å². The van der Waals surface area contributed by atoms with Gasteiger partial charge in [-0.25, -0.2) is 4.39 Å². The molecule has 1 aromatic heterocycles. The predicted octanol–water partition coefficient (Wildman–Crippen LogP) is 3.91. The average molecular weight is 288 g/mol. The molecular weight excluding hydrogens is 276 g/mol. The van der Waals surface area contributed by atoms with Crippen LogP contribution in [0, 0.1) is 5.82 Å². The summed E-state index contributed by atoms with van der Waals surface area (Å²) in [7, 11) is 0. The molecule has 0 spiro atoms. The van der Waals surface area contributed by atoms with Crippen LogP contribution < -0.4 is 5.73 Å². The minimum absolute atomic E-state index is 0.122. The molecule has 2 aromatic rings. The number of benzene rings is 1. The first-order chi connectivity index (χ1) is 9.32. The topological polar surface area (TPSA) is 52.0 Å². The van der Waals surface area contributed by atoms with E-state index in [-0.39, 0.29) is 17.3 Å². The smallest absolute Gasteiger partial charge is 0.359 e. The van der Waals surface area contributed by atoms with Gasteiger partial charge < -0.3 is 10.3 Å². The van der Waals surface area contributed by atoms with E-state index in [9.17, 15) is 17.6 Å². The highest BCUT2D eigenvalue weighted by Gasteiger charge is 2.34. The van der Waals surface area contributed by atoms with Crippen LogP contribution in [0.2, 0.25) is 0 Å². The number of rotatable bonds is 3. The van der Waals surface area contributed by atoms with Crippen molar-refractivity contribution in [2.45, 2.75) is 25.6 Å². The lowest BCUT2D eigenvalue weighted by Gasteiger charge is -2.08. The average Bonchev–Trinajstić information content (AvgIpc) is 2.86. The van der Waals surface area contributed by atoms with Gasteiger partial charge in [-0.3, -0.25) is 0 Å². The Kier molecular flexibility index (Phi) is 3.80. The predicted molar refractivity (Wildman–Crippen MR) is 64.1 cm³/mol. The molecular formula is C13H12F4N2O. The molecule has 0 aliphatic carbocycles. The molecule has 0 saturated heterocycles. The van der Waals surface area contributed by atoms with Crippen molar-refractivity contribution in [3.8, 4) is 11.3 Å². The summed E-state index contributed by atoms with van der Waals surface area (Å²) in [6.07, 6.45) is -4.15. The molecule has 2 rings (SSSR count). The molecule has 2 N–H and O–H groups in total. The molecule has 1 atom stereocenters. The summed E-state index contributed by atoms with van der Waals surface area (Å²) < 4.78 is 56.0. The van der Waals surface area contributed by atoms with Crippen LogP contribution in [0.1, 0.15) is 30.7 Å². The molecule has 0 radical (unpaired) electrons. The van der Waals surface area contributed by atoms with Crippen LogP contribution in [-0.2, 0) is 6.18 Å². The van der Waals surface area contributed by atoms with E-state index in [0.717, 1.165) is 6.07 Å². The SMILES string of the molecule is CCC(N)c1cc(-c2ccc(F)c(C(F)(F)F)c2)no1. The number of halogens is 4. The fourth-order valence-corrected chi connectivity index (χ4v) is 1.70. The molecule has 0 bridgehead atoms. The van der Waals surface area contributed by atoms with Crippen LogP contribution in [-0.4, -0.2) is 5.16 Å². The number of hydrogen-bond donors (Lipinski definition) is 1. The molecule has 0 aliphatic heterocycles. The van der Waals surface area contributed by atoms with Gasteiger partial charge in [-0.2, -0.15) is 13.2 Å². The van der Waals surface area contributed by atoms with Crippen molar-refractivity contribution in [1.82, 2.24) is 5.16 Å². The van der Waals surface area contributed by atoms with Gasteiger partial charge in [0.2, 0.25) is 0 Å². The maximum absolute atomic E-state index is 13.2. The Morgan fingerprint density at radius 1 is 1.30 bits per heavy atom. The van der Waals surface area contributed by atoms with Crippen LogP contribution in [0.5, 0.6) is 0 Å². The summed E-state index contributed by atoms with van der Waals surface area (Å²) in [5, 5.41) is 3.66. The fraction of sp³-hybridized carbons (Fsp3) is 0.308. The van der Waals surface area contributed by atoms with E-state index in [1.807, 2.05) is 6.92 Å². The number of nitrogens with two attached hydrogens (primary N) is 1. The van der Waals surface area contributed by atoms with Gasteiger partial charge in [-0.05, 0) is 24.6 Å². The van der Waals surface area contributed by atoms with E-state index in [1.54, 1.807) is 0 Å². The third kappa shape index (κ3) is 2.82. The molecule has 0 amide bonds. The second kappa shape index (κ2) is 5.24. The molecule has 1 unspecified atom stereocenters. The van der Waals surface area contributed by atoms with E-state index in [0.29, 0.717) is 18.2 Å².